The maximum Gasteiger partial charge on any atom is 0.252 e. The lowest BCUT2D eigenvalue weighted by Gasteiger charge is -2.58. The lowest BCUT2D eigenvalue weighted by Crippen LogP contribution is -2.62. The molecule has 5 heterocycles. The predicted octanol–water partition coefficient (Wildman–Crippen LogP) is 18.5. The van der Waals surface area contributed by atoms with E-state index in [0.717, 1.165) is 6.42 Å². The van der Waals surface area contributed by atoms with Gasteiger partial charge in [0.2, 0.25) is 0 Å². The third-order valence-corrected chi connectivity index (χ3v) is 25.2. The van der Waals surface area contributed by atoms with Crippen LogP contribution in [0.1, 0.15) is 192 Å². The predicted molar refractivity (Wildman–Crippen MR) is 340 cm³/mol. The molecule has 79 heavy (non-hydrogen) atoms. The number of aryl methyl sites for hydroxylation is 1. The van der Waals surface area contributed by atoms with Crippen molar-refractivity contribution in [2.24, 2.45) is 5.92 Å². The fourth-order valence-corrected chi connectivity index (χ4v) is 19.8. The summed E-state index contributed by atoms with van der Waals surface area (Å²) in [5, 5.41) is 2.72. The standard InChI is InChI=1S/C74H80BN3S/c1-43-35-51-53(70(8,9)31-29-68(51,4)5)40-59(43)77-62-38-46-37-61-64(62)75(56-26-24-48-47-19-15-18-22-63(47)79-66(48)65(56)77)57-39-52-54(71(10,11)32-30-69(52,6)7)41-60(57)76(61)45-23-25-49-55(36-45)72(12,34-33-67(49,2)3)44-27-28-73(13)50-20-16-17-21-58(50)78(46)74(73,14)42-44/h15-26,35-41,44H,27-34,42H2,1-14H3. The summed E-state index contributed by atoms with van der Waals surface area (Å²) in [6.45, 7) is 35.7. The van der Waals surface area contributed by atoms with Gasteiger partial charge < -0.3 is 14.7 Å². The summed E-state index contributed by atoms with van der Waals surface area (Å²) in [5.41, 5.74) is 27.3. The number of nitrogens with zero attached hydrogens (tertiary/aromatic N) is 3. The molecule has 0 spiro atoms. The van der Waals surface area contributed by atoms with Crippen molar-refractivity contribution < 1.29 is 0 Å². The largest absolute Gasteiger partial charge is 0.334 e. The van der Waals surface area contributed by atoms with Gasteiger partial charge in [0.15, 0.2) is 0 Å². The first-order valence-corrected chi connectivity index (χ1v) is 31.3. The van der Waals surface area contributed by atoms with Crippen molar-refractivity contribution in [2.45, 2.75) is 198 Å². The number of benzene rings is 7. The highest BCUT2D eigenvalue weighted by molar-refractivity contribution is 7.26. The zero-order valence-electron chi connectivity index (χ0n) is 49.7. The van der Waals surface area contributed by atoms with Crippen LogP contribution in [-0.4, -0.2) is 12.3 Å². The average Bonchev–Trinajstić information content (AvgIpc) is 2.78. The van der Waals surface area contributed by atoms with Gasteiger partial charge in [-0.2, -0.15) is 0 Å². The van der Waals surface area contributed by atoms with Crippen LogP contribution >= 0.6 is 11.3 Å². The van der Waals surface area contributed by atoms with Crippen molar-refractivity contribution in [3.8, 4) is 0 Å². The Balaban J connectivity index is 1.11. The SMILES string of the molecule is Cc1cc2c(cc1N1c3cc4cc5c3B(c3cc6c(cc3N5c3ccc5c(c3)C(C)(CCC5(C)C)C3CCC5(C)c7ccccc7N4C5(C)C3)C(C)(C)CCC6(C)C)c3ccc4c(sc5ccccc54)c31)C(C)(C)CCC2(C)C. The Bertz CT molecular complexity index is 4050. The second-order valence-electron chi connectivity index (χ2n) is 30.6. The minimum Gasteiger partial charge on any atom is -0.334 e. The lowest BCUT2D eigenvalue weighted by molar-refractivity contribution is 0.0840. The second-order valence-corrected chi connectivity index (χ2v) is 31.6. The van der Waals surface area contributed by atoms with Gasteiger partial charge in [-0.1, -0.05) is 150 Å². The smallest absolute Gasteiger partial charge is 0.252 e. The maximum atomic E-state index is 2.93. The molecule has 4 aliphatic carbocycles. The monoisotopic (exact) mass is 1050 g/mol. The first kappa shape index (κ1) is 49.1. The first-order valence-electron chi connectivity index (χ1n) is 30.5. The molecule has 16 rings (SSSR count). The van der Waals surface area contributed by atoms with Gasteiger partial charge in [-0.15, -0.1) is 11.3 Å². The van der Waals surface area contributed by atoms with Crippen molar-refractivity contribution in [3.63, 3.8) is 0 Å². The highest BCUT2D eigenvalue weighted by Crippen LogP contribution is 2.67. The number of rotatable bonds is 1. The van der Waals surface area contributed by atoms with E-state index in [1.807, 2.05) is 11.3 Å². The molecule has 0 radical (unpaired) electrons. The quantitative estimate of drug-likeness (QED) is 0.152. The number of thiophene rings is 1. The number of fused-ring (bicyclic) bond motifs is 20. The van der Waals surface area contributed by atoms with Gasteiger partial charge in [0.05, 0.1) is 15.9 Å². The third-order valence-electron chi connectivity index (χ3n) is 24.0. The molecule has 8 aliphatic rings. The second kappa shape index (κ2) is 15.2. The summed E-state index contributed by atoms with van der Waals surface area (Å²) in [5.74, 6) is 0.521. The molecule has 4 atom stereocenters. The van der Waals surface area contributed by atoms with E-state index in [-0.39, 0.29) is 50.2 Å². The van der Waals surface area contributed by atoms with Gasteiger partial charge in [0.1, 0.15) is 0 Å². The Morgan fingerprint density at radius 3 is 1.78 bits per heavy atom. The minimum absolute atomic E-state index is 0.00567. The van der Waals surface area contributed by atoms with Crippen molar-refractivity contribution in [2.75, 3.05) is 14.7 Å². The fraction of sp³-hybridized carbons (Fsp3) is 0.432. The molecular formula is C74H80BN3S. The highest BCUT2D eigenvalue weighted by atomic mass is 32.1. The number of para-hydroxylation sites is 1. The van der Waals surface area contributed by atoms with Crippen molar-refractivity contribution in [3.05, 3.63) is 160 Å². The minimum atomic E-state index is -0.188. The Labute approximate surface area is 475 Å². The van der Waals surface area contributed by atoms with Crippen LogP contribution in [0.2, 0.25) is 0 Å². The van der Waals surface area contributed by atoms with Gasteiger partial charge in [-0.05, 0) is 219 Å². The van der Waals surface area contributed by atoms with Crippen LogP contribution in [-0.2, 0) is 37.9 Å². The van der Waals surface area contributed by atoms with E-state index in [4.69, 9.17) is 0 Å². The van der Waals surface area contributed by atoms with Crippen LogP contribution in [0.3, 0.4) is 0 Å². The van der Waals surface area contributed by atoms with E-state index in [2.05, 4.69) is 227 Å². The summed E-state index contributed by atoms with van der Waals surface area (Å²) in [4.78, 5) is 8.60. The molecule has 5 heteroatoms. The summed E-state index contributed by atoms with van der Waals surface area (Å²) < 4.78 is 2.75. The molecule has 4 unspecified atom stereocenters. The van der Waals surface area contributed by atoms with E-state index in [1.165, 1.54) is 167 Å². The summed E-state index contributed by atoms with van der Waals surface area (Å²) >= 11 is 2.01. The Morgan fingerprint density at radius 1 is 0.456 bits per heavy atom. The highest BCUT2D eigenvalue weighted by Gasteiger charge is 2.62. The summed E-state index contributed by atoms with van der Waals surface area (Å²) in [6, 6.07) is 48.1. The number of anilines is 8. The summed E-state index contributed by atoms with van der Waals surface area (Å²) in [7, 11) is 0. The fourth-order valence-electron chi connectivity index (χ4n) is 18.6. The molecule has 0 saturated heterocycles. The normalized spacial score (nSPS) is 27.1. The topological polar surface area (TPSA) is 9.72 Å². The van der Waals surface area contributed by atoms with Gasteiger partial charge in [0, 0.05) is 60.7 Å². The van der Waals surface area contributed by atoms with Crippen molar-refractivity contribution >= 4 is 100 Å². The molecule has 1 fully saturated rings. The Kier molecular flexibility index (Phi) is 9.45. The van der Waals surface area contributed by atoms with Crippen molar-refractivity contribution in [1.29, 1.82) is 0 Å². The third kappa shape index (κ3) is 6.12. The molecule has 0 amide bonds. The zero-order chi connectivity index (χ0) is 54.7. The lowest BCUT2D eigenvalue weighted by atomic mass is 9.33. The van der Waals surface area contributed by atoms with Gasteiger partial charge >= 0.3 is 0 Å². The molecule has 400 valence electrons. The Morgan fingerprint density at radius 2 is 1.06 bits per heavy atom. The van der Waals surface area contributed by atoms with E-state index in [1.54, 1.807) is 11.1 Å². The van der Waals surface area contributed by atoms with Gasteiger partial charge in [-0.3, -0.25) is 0 Å². The van der Waals surface area contributed by atoms with E-state index in [9.17, 15) is 0 Å². The molecule has 8 aromatic rings. The van der Waals surface area contributed by atoms with Gasteiger partial charge in [0.25, 0.3) is 6.71 Å². The summed E-state index contributed by atoms with van der Waals surface area (Å²) in [6.07, 6.45) is 10.7. The van der Waals surface area contributed by atoms with Crippen LogP contribution in [0.4, 0.5) is 45.5 Å². The molecule has 6 bridgehead atoms. The average molecular weight is 1050 g/mol. The molecule has 7 aromatic carbocycles. The molecule has 4 aliphatic heterocycles. The number of hydrogen-bond donors (Lipinski definition) is 0. The van der Waals surface area contributed by atoms with Crippen molar-refractivity contribution in [1.82, 2.24) is 0 Å². The molecule has 0 N–H and O–H groups in total. The first-order chi connectivity index (χ1) is 37.4. The van der Waals surface area contributed by atoms with Gasteiger partial charge in [-0.25, -0.2) is 0 Å². The molecule has 1 saturated carbocycles. The van der Waals surface area contributed by atoms with Crippen LogP contribution in [0.15, 0.2) is 115 Å². The molecule has 1 aromatic heterocycles. The van der Waals surface area contributed by atoms with Crippen LogP contribution in [0.25, 0.3) is 20.2 Å². The molecule has 3 nitrogen and oxygen atoms in total. The van der Waals surface area contributed by atoms with Crippen LogP contribution < -0.4 is 31.1 Å². The number of hydrogen-bond acceptors (Lipinski definition) is 4. The van der Waals surface area contributed by atoms with Crippen LogP contribution in [0, 0.1) is 12.8 Å². The van der Waals surface area contributed by atoms with E-state index in [0.29, 0.717) is 5.92 Å². The van der Waals surface area contributed by atoms with Crippen LogP contribution in [0.5, 0.6) is 0 Å². The van der Waals surface area contributed by atoms with E-state index < -0.39 is 0 Å². The molecular weight excluding hydrogens is 974 g/mol. The Hall–Kier alpha value is -5.78. The maximum absolute atomic E-state index is 2.93. The van der Waals surface area contributed by atoms with E-state index >= 15 is 0 Å². The zero-order valence-corrected chi connectivity index (χ0v) is 50.6.